The van der Waals surface area contributed by atoms with Gasteiger partial charge in [-0.05, 0) is 110 Å². The Hall–Kier alpha value is -2.48. The molecule has 0 unspecified atom stereocenters. The Morgan fingerprint density at radius 3 is 2.40 bits per heavy atom. The average Bonchev–Trinajstić information content (AvgIpc) is 3.52. The first kappa shape index (κ1) is 29.6. The van der Waals surface area contributed by atoms with Gasteiger partial charge in [0.05, 0.1) is 28.1 Å². The number of aliphatic hydroxyl groups is 1. The van der Waals surface area contributed by atoms with Crippen molar-refractivity contribution in [1.82, 2.24) is 9.97 Å². The third kappa shape index (κ3) is 5.72. The van der Waals surface area contributed by atoms with E-state index in [9.17, 15) is 9.90 Å². The monoisotopic (exact) mass is 607 g/mol. The first-order chi connectivity index (χ1) is 20.2. The van der Waals surface area contributed by atoms with Gasteiger partial charge in [0, 0.05) is 30.8 Å². The van der Waals surface area contributed by atoms with E-state index in [2.05, 4.69) is 37.0 Å². The van der Waals surface area contributed by atoms with Gasteiger partial charge >= 0.3 is 0 Å². The number of rotatable bonds is 8. The minimum atomic E-state index is -0.291. The van der Waals surface area contributed by atoms with Crippen LogP contribution < -0.4 is 9.64 Å². The lowest BCUT2D eigenvalue weighted by Gasteiger charge is -2.55. The number of amides is 1. The molecule has 4 aliphatic carbocycles. The van der Waals surface area contributed by atoms with Gasteiger partial charge in [0.1, 0.15) is 11.6 Å². The van der Waals surface area contributed by atoms with Crippen LogP contribution in [0.25, 0.3) is 10.4 Å². The van der Waals surface area contributed by atoms with Crippen LogP contribution >= 0.6 is 22.9 Å². The topological polar surface area (TPSA) is 75.5 Å². The van der Waals surface area contributed by atoms with E-state index in [1.807, 2.05) is 29.4 Å². The normalized spacial score (nSPS) is 27.3. The van der Waals surface area contributed by atoms with Gasteiger partial charge < -0.3 is 9.84 Å². The molecule has 4 saturated carbocycles. The largest absolute Gasteiger partial charge is 0.495 e. The Morgan fingerprint density at radius 2 is 1.79 bits per heavy atom. The maximum Gasteiger partial charge on any atom is 0.231 e. The number of aromatic nitrogens is 2. The fourth-order valence-electron chi connectivity index (χ4n) is 7.49. The van der Waals surface area contributed by atoms with Crippen LogP contribution in [-0.2, 0) is 10.2 Å². The number of hydrogen-bond acceptors (Lipinski definition) is 6. The summed E-state index contributed by atoms with van der Waals surface area (Å²) in [6.07, 6.45) is 12.9. The van der Waals surface area contributed by atoms with E-state index in [1.165, 1.54) is 5.56 Å². The maximum absolute atomic E-state index is 14.2. The number of nitrogens with zero attached hydrogens (tertiary/aromatic N) is 3. The van der Waals surface area contributed by atoms with Crippen molar-refractivity contribution >= 4 is 34.7 Å². The number of carbonyl (C=O) groups excluding carboxylic acids is 1. The van der Waals surface area contributed by atoms with Crippen molar-refractivity contribution in [3.63, 3.8) is 0 Å². The lowest BCUT2D eigenvalue weighted by atomic mass is 9.51. The highest BCUT2D eigenvalue weighted by Gasteiger charge is 2.51. The predicted octanol–water partition coefficient (Wildman–Crippen LogP) is 8.17. The fraction of sp³-hybridized carbons (Fsp3) is 0.559. The number of aliphatic hydroxyl groups excluding tert-OH is 1. The molecule has 3 aromatic rings. The molecular weight excluding hydrogens is 566 g/mol. The summed E-state index contributed by atoms with van der Waals surface area (Å²) in [4.78, 5) is 26.8. The van der Waals surface area contributed by atoms with Gasteiger partial charge in [0.15, 0.2) is 0 Å². The molecule has 6 nitrogen and oxygen atoms in total. The molecule has 224 valence electrons. The molecule has 2 heterocycles. The highest BCUT2D eigenvalue weighted by molar-refractivity contribution is 7.15. The third-order valence-corrected chi connectivity index (χ3v) is 11.9. The van der Waals surface area contributed by atoms with Gasteiger partial charge in [0.2, 0.25) is 5.91 Å². The van der Waals surface area contributed by atoms with E-state index in [4.69, 9.17) is 21.3 Å². The quantitative estimate of drug-likeness (QED) is 0.279. The lowest BCUT2D eigenvalue weighted by Crippen LogP contribution is -2.52. The van der Waals surface area contributed by atoms with E-state index in [0.717, 1.165) is 78.4 Å². The summed E-state index contributed by atoms with van der Waals surface area (Å²) in [5.74, 6) is 1.93. The minimum absolute atomic E-state index is 0.0704. The first-order valence-electron chi connectivity index (χ1n) is 15.5. The average molecular weight is 608 g/mol. The third-order valence-electron chi connectivity index (χ3n) is 10.3. The lowest BCUT2D eigenvalue weighted by molar-refractivity contribution is -0.124. The molecule has 4 fully saturated rings. The number of halogens is 1. The molecule has 1 amide bonds. The number of methoxy groups -OCH3 is 1. The number of fused-ring (bicyclic) bond motifs is 3. The van der Waals surface area contributed by atoms with Crippen LogP contribution in [0.3, 0.4) is 0 Å². The van der Waals surface area contributed by atoms with Gasteiger partial charge in [-0.15, -0.1) is 11.3 Å². The van der Waals surface area contributed by atoms with E-state index in [-0.39, 0.29) is 28.8 Å². The molecule has 4 aliphatic rings. The van der Waals surface area contributed by atoms with Crippen LogP contribution in [0.5, 0.6) is 5.75 Å². The van der Waals surface area contributed by atoms with Crippen LogP contribution in [0.2, 0.25) is 5.02 Å². The molecule has 0 aliphatic heterocycles. The first-order valence-corrected chi connectivity index (χ1v) is 16.7. The predicted molar refractivity (Wildman–Crippen MR) is 170 cm³/mol. The number of hydrogen-bond donors (Lipinski definition) is 1. The Kier molecular flexibility index (Phi) is 8.38. The molecule has 0 radical (unpaired) electrons. The molecule has 42 heavy (non-hydrogen) atoms. The molecule has 2 bridgehead atoms. The molecule has 7 rings (SSSR count). The van der Waals surface area contributed by atoms with Crippen molar-refractivity contribution in [2.45, 2.75) is 95.5 Å². The molecule has 2 aromatic heterocycles. The van der Waals surface area contributed by atoms with Crippen LogP contribution in [-0.4, -0.2) is 40.7 Å². The highest BCUT2D eigenvalue weighted by atomic mass is 35.5. The van der Waals surface area contributed by atoms with Crippen LogP contribution in [0.1, 0.15) is 94.5 Å². The fourth-order valence-corrected chi connectivity index (χ4v) is 8.66. The zero-order valence-electron chi connectivity index (χ0n) is 24.9. The Balaban J connectivity index is 1.27. The number of anilines is 1. The number of thiazole rings is 1. The summed E-state index contributed by atoms with van der Waals surface area (Å²) in [5.41, 5.74) is 2.59. The van der Waals surface area contributed by atoms with Gasteiger partial charge in [-0.2, -0.15) is 0 Å². The zero-order chi connectivity index (χ0) is 29.5. The molecule has 0 spiro atoms. The molecular formula is C34H42ClN3O3S. The molecule has 8 heteroatoms. The van der Waals surface area contributed by atoms with Crippen LogP contribution in [0.15, 0.2) is 42.7 Å². The number of carbonyl (C=O) groups is 1. The number of benzene rings is 1. The second kappa shape index (κ2) is 11.9. The van der Waals surface area contributed by atoms with Gasteiger partial charge in [0.25, 0.3) is 0 Å². The van der Waals surface area contributed by atoms with Crippen LogP contribution in [0, 0.1) is 11.3 Å². The molecule has 1 aromatic carbocycles. The standard InChI is InChI=1S/C34H42ClN3O3S/c1-22(2)31-37-20-29(42-31)24-10-17-36-30(18-24)38(32(40)23-4-7-26(39)8-5-23)21-33-11-14-34(15-12-33,16-13-33)25-6-9-28(41-3)27(35)19-25/h6,9-10,17-20,22-23,26,39H,4-5,7-8,11-16,21H2,1-3H3. The highest BCUT2D eigenvalue weighted by Crippen LogP contribution is 2.58. The Morgan fingerprint density at radius 1 is 1.07 bits per heavy atom. The van der Waals surface area contributed by atoms with E-state index in [0.29, 0.717) is 30.3 Å². The Labute approximate surface area is 258 Å². The summed E-state index contributed by atoms with van der Waals surface area (Å²) in [6.45, 7) is 5.02. The maximum atomic E-state index is 14.2. The number of ether oxygens (including phenoxy) is 1. The van der Waals surface area contributed by atoms with Crippen molar-refractivity contribution < 1.29 is 14.6 Å². The van der Waals surface area contributed by atoms with Crippen molar-refractivity contribution in [3.8, 4) is 16.2 Å². The van der Waals surface area contributed by atoms with Crippen molar-refractivity contribution in [3.05, 3.63) is 58.3 Å². The van der Waals surface area contributed by atoms with Crippen molar-refractivity contribution in [2.24, 2.45) is 11.3 Å². The second-order valence-corrected chi connectivity index (χ2v) is 14.6. The van der Waals surface area contributed by atoms with Crippen molar-refractivity contribution in [1.29, 1.82) is 0 Å². The molecule has 1 N–H and O–H groups in total. The summed E-state index contributed by atoms with van der Waals surface area (Å²) in [7, 11) is 1.65. The molecule has 0 saturated heterocycles. The Bertz CT molecular complexity index is 1410. The smallest absolute Gasteiger partial charge is 0.231 e. The second-order valence-electron chi connectivity index (χ2n) is 13.2. The van der Waals surface area contributed by atoms with Crippen LogP contribution in [0.4, 0.5) is 5.82 Å². The van der Waals surface area contributed by atoms with Gasteiger partial charge in [-0.25, -0.2) is 9.97 Å². The summed E-state index contributed by atoms with van der Waals surface area (Å²) >= 11 is 8.25. The van der Waals surface area contributed by atoms with E-state index < -0.39 is 0 Å². The van der Waals surface area contributed by atoms with Crippen molar-refractivity contribution in [2.75, 3.05) is 18.6 Å². The summed E-state index contributed by atoms with van der Waals surface area (Å²) in [6, 6.07) is 10.4. The molecule has 0 atom stereocenters. The summed E-state index contributed by atoms with van der Waals surface area (Å²) < 4.78 is 5.40. The number of pyridine rings is 1. The zero-order valence-corrected chi connectivity index (χ0v) is 26.5. The van der Waals surface area contributed by atoms with Gasteiger partial charge in [-0.1, -0.05) is 31.5 Å². The minimum Gasteiger partial charge on any atom is -0.495 e. The summed E-state index contributed by atoms with van der Waals surface area (Å²) in [5, 5.41) is 11.9. The van der Waals surface area contributed by atoms with Gasteiger partial charge in [-0.3, -0.25) is 9.69 Å². The van der Waals surface area contributed by atoms with E-state index in [1.54, 1.807) is 18.4 Å². The SMILES string of the molecule is COc1ccc(C23CCC(CN(C(=O)C4CCC(O)CC4)c4cc(-c5cnc(C(C)C)s5)ccn4)(CC2)CC3)cc1Cl. The van der Waals surface area contributed by atoms with E-state index >= 15 is 0 Å².